The number of methoxy groups -OCH3 is 1. The number of amides is 1. The van der Waals surface area contributed by atoms with Crippen LogP contribution in [-0.4, -0.2) is 59.3 Å². The molecule has 0 saturated carbocycles. The van der Waals surface area contributed by atoms with Crippen LogP contribution in [0.5, 0.6) is 5.75 Å². The van der Waals surface area contributed by atoms with Crippen LogP contribution in [0.2, 0.25) is 0 Å². The van der Waals surface area contributed by atoms with E-state index in [1.54, 1.807) is 18.2 Å². The Morgan fingerprint density at radius 3 is 2.96 bits per heavy atom. The fourth-order valence-corrected chi connectivity index (χ4v) is 3.78. The van der Waals surface area contributed by atoms with Gasteiger partial charge in [0.1, 0.15) is 17.7 Å². The van der Waals surface area contributed by atoms with Crippen LogP contribution in [0.25, 0.3) is 0 Å². The zero-order chi connectivity index (χ0) is 18.1. The Bertz CT molecular complexity index is 791. The van der Waals surface area contributed by atoms with Crippen molar-refractivity contribution in [3.63, 3.8) is 0 Å². The van der Waals surface area contributed by atoms with Crippen LogP contribution in [-0.2, 0) is 23.1 Å². The van der Waals surface area contributed by atoms with Gasteiger partial charge in [-0.2, -0.15) is 0 Å². The molecule has 1 aromatic carbocycles. The topological polar surface area (TPSA) is 59.8 Å². The molecule has 2 aromatic rings. The second-order valence-electron chi connectivity index (χ2n) is 6.83. The maximum Gasteiger partial charge on any atom is 0.244 e. The lowest BCUT2D eigenvalue weighted by molar-refractivity contribution is -0.123. The molecule has 1 saturated heterocycles. The molecule has 0 unspecified atom stereocenters. The number of fused-ring (bicyclic) bond motifs is 3. The van der Waals surface area contributed by atoms with Crippen molar-refractivity contribution in [3.05, 3.63) is 42.5 Å². The zero-order valence-electron chi connectivity index (χ0n) is 15.2. The first-order valence-electron chi connectivity index (χ1n) is 8.93. The summed E-state index contributed by atoms with van der Waals surface area (Å²) in [6.07, 6.45) is 4.42. The summed E-state index contributed by atoms with van der Waals surface area (Å²) in [6, 6.07) is 7.55. The van der Waals surface area contributed by atoms with Gasteiger partial charge in [0.25, 0.3) is 0 Å². The minimum Gasteiger partial charge on any atom is -0.487 e. The number of rotatable bonds is 5. The molecule has 26 heavy (non-hydrogen) atoms. The van der Waals surface area contributed by atoms with E-state index in [2.05, 4.69) is 9.88 Å². The standard InChI is InChI=1S/C19H24N4O3/c1-21-8-7-20-18(21)13-22-12-14-11-16(22)19(24)23(9-10-25-2)15-5-3-4-6-17(15)26-14/h3-8,14,16H,9-13H2,1-2H3/t14-,16-/m0/s1. The van der Waals surface area contributed by atoms with Crippen molar-refractivity contribution in [2.75, 3.05) is 31.7 Å². The third kappa shape index (κ3) is 3.08. The number of likely N-dealkylation sites (tertiary alicyclic amines) is 1. The molecular weight excluding hydrogens is 332 g/mol. The molecule has 1 fully saturated rings. The van der Waals surface area contributed by atoms with Crippen molar-refractivity contribution in [1.29, 1.82) is 0 Å². The highest BCUT2D eigenvalue weighted by Gasteiger charge is 2.43. The summed E-state index contributed by atoms with van der Waals surface area (Å²) in [4.78, 5) is 21.8. The highest BCUT2D eigenvalue weighted by molar-refractivity contribution is 5.99. The van der Waals surface area contributed by atoms with Gasteiger partial charge in [0.15, 0.2) is 0 Å². The highest BCUT2D eigenvalue weighted by atomic mass is 16.5. The van der Waals surface area contributed by atoms with E-state index >= 15 is 0 Å². The van der Waals surface area contributed by atoms with Crippen molar-refractivity contribution in [2.45, 2.75) is 25.1 Å². The summed E-state index contributed by atoms with van der Waals surface area (Å²) in [5.41, 5.74) is 0.822. The van der Waals surface area contributed by atoms with Crippen molar-refractivity contribution < 1.29 is 14.3 Å². The van der Waals surface area contributed by atoms with Gasteiger partial charge in [-0.25, -0.2) is 4.98 Å². The quantitative estimate of drug-likeness (QED) is 0.811. The summed E-state index contributed by atoms with van der Waals surface area (Å²) < 4.78 is 13.5. The molecule has 1 aromatic heterocycles. The van der Waals surface area contributed by atoms with Crippen molar-refractivity contribution in [2.24, 2.45) is 7.05 Å². The molecule has 7 heteroatoms. The Morgan fingerprint density at radius 2 is 2.19 bits per heavy atom. The molecule has 0 radical (unpaired) electrons. The minimum absolute atomic E-state index is 0.00921. The largest absolute Gasteiger partial charge is 0.487 e. The van der Waals surface area contributed by atoms with Crippen molar-refractivity contribution in [1.82, 2.24) is 14.5 Å². The molecule has 0 spiro atoms. The van der Waals surface area contributed by atoms with Crippen LogP contribution in [0.1, 0.15) is 12.2 Å². The molecule has 2 aliphatic rings. The van der Waals surface area contributed by atoms with E-state index in [0.29, 0.717) is 26.1 Å². The van der Waals surface area contributed by atoms with E-state index in [1.807, 2.05) is 42.1 Å². The zero-order valence-corrected chi connectivity index (χ0v) is 15.2. The summed E-state index contributed by atoms with van der Waals surface area (Å²) in [5, 5.41) is 0. The van der Waals surface area contributed by atoms with Crippen molar-refractivity contribution in [3.8, 4) is 5.75 Å². The molecular formula is C19H24N4O3. The SMILES string of the molecule is COCCN1C(=O)[C@@H]2C[C@@H](CN2Cc2nccn2C)Oc2ccccc21. The van der Waals surface area contributed by atoms with E-state index in [0.717, 1.165) is 23.8 Å². The second-order valence-corrected chi connectivity index (χ2v) is 6.83. The molecule has 0 aliphatic carbocycles. The molecule has 7 nitrogen and oxygen atoms in total. The number of benzene rings is 1. The molecule has 0 N–H and O–H groups in total. The van der Waals surface area contributed by atoms with Crippen LogP contribution in [0.4, 0.5) is 5.69 Å². The third-order valence-electron chi connectivity index (χ3n) is 5.15. The first kappa shape index (κ1) is 17.1. The molecule has 2 aliphatic heterocycles. The Balaban J connectivity index is 1.65. The first-order valence-corrected chi connectivity index (χ1v) is 8.93. The molecule has 138 valence electrons. The number of ether oxygens (including phenoxy) is 2. The highest BCUT2D eigenvalue weighted by Crippen LogP contribution is 2.36. The fraction of sp³-hybridized carbons (Fsp3) is 0.474. The van der Waals surface area contributed by atoms with E-state index in [1.165, 1.54) is 0 Å². The van der Waals surface area contributed by atoms with Gasteiger partial charge in [-0.1, -0.05) is 12.1 Å². The maximum atomic E-state index is 13.4. The van der Waals surface area contributed by atoms with Gasteiger partial charge in [-0.15, -0.1) is 0 Å². The predicted molar refractivity (Wildman–Crippen MR) is 97.1 cm³/mol. The lowest BCUT2D eigenvalue weighted by Gasteiger charge is -2.31. The molecule has 2 atom stereocenters. The third-order valence-corrected chi connectivity index (χ3v) is 5.15. The van der Waals surface area contributed by atoms with Gasteiger partial charge >= 0.3 is 0 Å². The van der Waals surface area contributed by atoms with Crippen LogP contribution in [0.3, 0.4) is 0 Å². The maximum absolute atomic E-state index is 13.4. The van der Waals surface area contributed by atoms with Gasteiger partial charge in [0, 0.05) is 46.1 Å². The average molecular weight is 356 g/mol. The molecule has 4 rings (SSSR count). The summed E-state index contributed by atoms with van der Waals surface area (Å²) >= 11 is 0. The average Bonchev–Trinajstić information content (AvgIpc) is 3.23. The Kier molecular flexibility index (Phi) is 4.65. The van der Waals surface area contributed by atoms with Crippen molar-refractivity contribution >= 4 is 11.6 Å². The summed E-state index contributed by atoms with van der Waals surface area (Å²) in [6.45, 7) is 2.34. The summed E-state index contributed by atoms with van der Waals surface area (Å²) in [7, 11) is 3.62. The van der Waals surface area contributed by atoms with Crippen LogP contribution < -0.4 is 9.64 Å². The van der Waals surface area contributed by atoms with E-state index in [9.17, 15) is 4.79 Å². The number of anilines is 1. The number of nitrogens with zero attached hydrogens (tertiary/aromatic N) is 4. The molecule has 3 heterocycles. The van der Waals surface area contributed by atoms with E-state index < -0.39 is 0 Å². The van der Waals surface area contributed by atoms with Crippen LogP contribution >= 0.6 is 0 Å². The number of aromatic nitrogens is 2. The van der Waals surface area contributed by atoms with Gasteiger partial charge in [0.2, 0.25) is 5.91 Å². The number of para-hydroxylation sites is 2. The molecule has 1 amide bonds. The lowest BCUT2D eigenvalue weighted by atomic mass is 10.1. The number of hydrogen-bond acceptors (Lipinski definition) is 5. The Hall–Kier alpha value is -2.38. The lowest BCUT2D eigenvalue weighted by Crippen LogP contribution is -2.47. The predicted octanol–water partition coefficient (Wildman–Crippen LogP) is 1.44. The molecule has 2 bridgehead atoms. The van der Waals surface area contributed by atoms with E-state index in [-0.39, 0.29) is 18.1 Å². The van der Waals surface area contributed by atoms with E-state index in [4.69, 9.17) is 9.47 Å². The first-order chi connectivity index (χ1) is 12.7. The fourth-order valence-electron chi connectivity index (χ4n) is 3.78. The number of carbonyl (C=O) groups is 1. The normalized spacial score (nSPS) is 22.7. The smallest absolute Gasteiger partial charge is 0.244 e. The number of imidazole rings is 1. The van der Waals surface area contributed by atoms with Crippen LogP contribution in [0, 0.1) is 0 Å². The van der Waals surface area contributed by atoms with Gasteiger partial charge < -0.3 is 18.9 Å². The number of hydrogen-bond donors (Lipinski definition) is 0. The number of aryl methyl sites for hydroxylation is 1. The van der Waals surface area contributed by atoms with Gasteiger partial charge in [-0.05, 0) is 12.1 Å². The Labute approximate surface area is 153 Å². The van der Waals surface area contributed by atoms with Gasteiger partial charge in [-0.3, -0.25) is 9.69 Å². The van der Waals surface area contributed by atoms with Crippen LogP contribution in [0.15, 0.2) is 36.7 Å². The summed E-state index contributed by atoms with van der Waals surface area (Å²) in [5.74, 6) is 1.82. The second kappa shape index (κ2) is 7.09. The Morgan fingerprint density at radius 1 is 1.35 bits per heavy atom. The monoisotopic (exact) mass is 356 g/mol. The number of carbonyl (C=O) groups excluding carboxylic acids is 1. The van der Waals surface area contributed by atoms with Gasteiger partial charge in [0.05, 0.1) is 24.9 Å². The minimum atomic E-state index is -0.207.